The first-order valence-corrected chi connectivity index (χ1v) is 6.33. The molecule has 1 aromatic rings. The number of hydrogen-bond donors (Lipinski definition) is 1. The van der Waals surface area contributed by atoms with Crippen LogP contribution in [0.5, 0.6) is 0 Å². The number of aryl methyl sites for hydroxylation is 1. The lowest BCUT2D eigenvalue weighted by Gasteiger charge is -2.33. The zero-order valence-electron chi connectivity index (χ0n) is 9.34. The fourth-order valence-corrected chi connectivity index (χ4v) is 2.66. The van der Waals surface area contributed by atoms with Crippen LogP contribution in [0.1, 0.15) is 18.4 Å². The van der Waals surface area contributed by atoms with E-state index in [-0.39, 0.29) is 11.9 Å². The summed E-state index contributed by atoms with van der Waals surface area (Å²) < 4.78 is 14.0. The Bertz CT molecular complexity index is 395. The van der Waals surface area contributed by atoms with Crippen molar-refractivity contribution in [1.29, 1.82) is 0 Å². The van der Waals surface area contributed by atoms with Gasteiger partial charge in [-0.2, -0.15) is 0 Å². The number of hydrogen-bond acceptors (Lipinski definition) is 2. The van der Waals surface area contributed by atoms with E-state index in [0.717, 1.165) is 37.2 Å². The molecule has 0 bridgehead atoms. The highest BCUT2D eigenvalue weighted by Crippen LogP contribution is 2.28. The number of piperidine rings is 1. The van der Waals surface area contributed by atoms with E-state index >= 15 is 0 Å². The van der Waals surface area contributed by atoms with E-state index in [1.165, 1.54) is 0 Å². The topological polar surface area (TPSA) is 29.3 Å². The quantitative estimate of drug-likeness (QED) is 0.860. The van der Waals surface area contributed by atoms with Crippen molar-refractivity contribution < 1.29 is 4.39 Å². The van der Waals surface area contributed by atoms with Crippen LogP contribution in [0.3, 0.4) is 0 Å². The minimum atomic E-state index is -0.209. The molecule has 1 heterocycles. The van der Waals surface area contributed by atoms with E-state index in [4.69, 9.17) is 5.73 Å². The molecule has 1 saturated heterocycles. The molecule has 0 saturated carbocycles. The average Bonchev–Trinajstić information content (AvgIpc) is 2.23. The molecule has 1 aliphatic rings. The number of nitrogens with two attached hydrogens (primary N) is 1. The van der Waals surface area contributed by atoms with Gasteiger partial charge in [-0.15, -0.1) is 0 Å². The number of anilines is 1. The molecule has 2 nitrogen and oxygen atoms in total. The van der Waals surface area contributed by atoms with Gasteiger partial charge in [-0.3, -0.25) is 0 Å². The first kappa shape index (κ1) is 11.9. The molecule has 1 aliphatic heterocycles. The van der Waals surface area contributed by atoms with Crippen molar-refractivity contribution in [3.05, 3.63) is 28.0 Å². The van der Waals surface area contributed by atoms with Crippen molar-refractivity contribution in [2.45, 2.75) is 25.8 Å². The van der Waals surface area contributed by atoms with Gasteiger partial charge in [0.2, 0.25) is 0 Å². The zero-order valence-corrected chi connectivity index (χ0v) is 10.9. The summed E-state index contributed by atoms with van der Waals surface area (Å²) in [5.74, 6) is -0.209. The summed E-state index contributed by atoms with van der Waals surface area (Å²) in [5.41, 5.74) is 7.99. The van der Waals surface area contributed by atoms with Crippen LogP contribution in [0.25, 0.3) is 0 Å². The predicted octanol–water partition coefficient (Wildman–Crippen LogP) is 2.82. The third-order valence-electron chi connectivity index (χ3n) is 3.04. The maximum Gasteiger partial charge on any atom is 0.139 e. The Morgan fingerprint density at radius 1 is 1.50 bits per heavy atom. The maximum atomic E-state index is 13.5. The molecule has 0 radical (unpaired) electrons. The first-order valence-electron chi connectivity index (χ1n) is 5.54. The molecule has 4 heteroatoms. The Morgan fingerprint density at radius 2 is 2.25 bits per heavy atom. The standard InChI is InChI=1S/C12H16BrFN2/c1-8-5-10(13)11(14)6-12(8)16-4-2-3-9(15)7-16/h5-6,9H,2-4,7,15H2,1H3. The summed E-state index contributed by atoms with van der Waals surface area (Å²) in [6.07, 6.45) is 2.15. The summed E-state index contributed by atoms with van der Waals surface area (Å²) in [6.45, 7) is 3.79. The lowest BCUT2D eigenvalue weighted by atomic mass is 10.0. The van der Waals surface area contributed by atoms with E-state index in [1.54, 1.807) is 6.07 Å². The molecule has 1 fully saturated rings. The molecular formula is C12H16BrFN2. The van der Waals surface area contributed by atoms with Crippen LogP contribution < -0.4 is 10.6 Å². The normalized spacial score (nSPS) is 21.2. The monoisotopic (exact) mass is 286 g/mol. The number of halogens is 2. The van der Waals surface area contributed by atoms with Crippen LogP contribution in [-0.4, -0.2) is 19.1 Å². The van der Waals surface area contributed by atoms with Crippen LogP contribution in [0.15, 0.2) is 16.6 Å². The second kappa shape index (κ2) is 4.72. The van der Waals surface area contributed by atoms with Gasteiger partial charge in [0.15, 0.2) is 0 Å². The van der Waals surface area contributed by atoms with Crippen molar-refractivity contribution >= 4 is 21.6 Å². The van der Waals surface area contributed by atoms with E-state index in [0.29, 0.717) is 4.47 Å². The van der Waals surface area contributed by atoms with Crippen molar-refractivity contribution in [1.82, 2.24) is 0 Å². The van der Waals surface area contributed by atoms with Crippen LogP contribution in [0.4, 0.5) is 10.1 Å². The largest absolute Gasteiger partial charge is 0.370 e. The smallest absolute Gasteiger partial charge is 0.139 e. The fourth-order valence-electron chi connectivity index (χ4n) is 2.21. The molecular weight excluding hydrogens is 271 g/mol. The Balaban J connectivity index is 2.29. The molecule has 88 valence electrons. The third-order valence-corrected chi connectivity index (χ3v) is 3.65. The van der Waals surface area contributed by atoms with Gasteiger partial charge in [-0.05, 0) is 53.4 Å². The third kappa shape index (κ3) is 2.38. The molecule has 2 rings (SSSR count). The Labute approximate surface area is 104 Å². The minimum absolute atomic E-state index is 0.208. The maximum absolute atomic E-state index is 13.5. The summed E-state index contributed by atoms with van der Waals surface area (Å²) in [6, 6.07) is 3.63. The highest BCUT2D eigenvalue weighted by Gasteiger charge is 2.19. The van der Waals surface area contributed by atoms with Crippen LogP contribution in [-0.2, 0) is 0 Å². The van der Waals surface area contributed by atoms with Crippen molar-refractivity contribution in [2.24, 2.45) is 5.73 Å². The number of nitrogens with zero attached hydrogens (tertiary/aromatic N) is 1. The predicted molar refractivity (Wildman–Crippen MR) is 68.3 cm³/mol. The van der Waals surface area contributed by atoms with E-state index < -0.39 is 0 Å². The summed E-state index contributed by atoms with van der Waals surface area (Å²) >= 11 is 3.20. The molecule has 16 heavy (non-hydrogen) atoms. The molecule has 1 atom stereocenters. The van der Waals surface area contributed by atoms with Gasteiger partial charge in [0.05, 0.1) is 4.47 Å². The molecule has 0 spiro atoms. The van der Waals surface area contributed by atoms with Gasteiger partial charge in [-0.25, -0.2) is 4.39 Å². The summed E-state index contributed by atoms with van der Waals surface area (Å²) in [7, 11) is 0. The average molecular weight is 287 g/mol. The summed E-state index contributed by atoms with van der Waals surface area (Å²) in [4.78, 5) is 2.18. The van der Waals surface area contributed by atoms with Crippen molar-refractivity contribution in [3.8, 4) is 0 Å². The van der Waals surface area contributed by atoms with Gasteiger partial charge in [0.1, 0.15) is 5.82 Å². The van der Waals surface area contributed by atoms with E-state index in [1.807, 2.05) is 13.0 Å². The van der Waals surface area contributed by atoms with Gasteiger partial charge in [0, 0.05) is 24.8 Å². The van der Waals surface area contributed by atoms with Gasteiger partial charge in [0.25, 0.3) is 0 Å². The van der Waals surface area contributed by atoms with Crippen molar-refractivity contribution in [2.75, 3.05) is 18.0 Å². The van der Waals surface area contributed by atoms with Gasteiger partial charge < -0.3 is 10.6 Å². The molecule has 1 aromatic carbocycles. The van der Waals surface area contributed by atoms with Crippen LogP contribution >= 0.6 is 15.9 Å². The summed E-state index contributed by atoms with van der Waals surface area (Å²) in [5, 5.41) is 0. The second-order valence-electron chi connectivity index (χ2n) is 4.40. The van der Waals surface area contributed by atoms with Crippen molar-refractivity contribution in [3.63, 3.8) is 0 Å². The molecule has 0 amide bonds. The molecule has 1 unspecified atom stereocenters. The fraction of sp³-hybridized carbons (Fsp3) is 0.500. The molecule has 0 aliphatic carbocycles. The molecule has 2 N–H and O–H groups in total. The number of rotatable bonds is 1. The van der Waals surface area contributed by atoms with E-state index in [2.05, 4.69) is 20.8 Å². The SMILES string of the molecule is Cc1cc(Br)c(F)cc1N1CCCC(N)C1. The van der Waals surface area contributed by atoms with E-state index in [9.17, 15) is 4.39 Å². The first-order chi connectivity index (χ1) is 7.58. The Morgan fingerprint density at radius 3 is 2.94 bits per heavy atom. The number of benzene rings is 1. The minimum Gasteiger partial charge on any atom is -0.370 e. The van der Waals surface area contributed by atoms with Gasteiger partial charge >= 0.3 is 0 Å². The second-order valence-corrected chi connectivity index (χ2v) is 5.26. The van der Waals surface area contributed by atoms with Crippen LogP contribution in [0.2, 0.25) is 0 Å². The Hall–Kier alpha value is -0.610. The lowest BCUT2D eigenvalue weighted by molar-refractivity contribution is 0.504. The zero-order chi connectivity index (χ0) is 11.7. The Kier molecular flexibility index (Phi) is 3.50. The highest BCUT2D eigenvalue weighted by atomic mass is 79.9. The van der Waals surface area contributed by atoms with Gasteiger partial charge in [-0.1, -0.05) is 0 Å². The molecule has 0 aromatic heterocycles. The lowest BCUT2D eigenvalue weighted by Crippen LogP contribution is -2.43. The van der Waals surface area contributed by atoms with Crippen LogP contribution in [0, 0.1) is 12.7 Å². The highest BCUT2D eigenvalue weighted by molar-refractivity contribution is 9.10.